The van der Waals surface area contributed by atoms with Crippen LogP contribution in [0.1, 0.15) is 37.9 Å². The van der Waals surface area contributed by atoms with Crippen molar-refractivity contribution in [3.63, 3.8) is 0 Å². The van der Waals surface area contributed by atoms with Crippen molar-refractivity contribution in [2.45, 2.75) is 45.8 Å². The minimum Gasteiger partial charge on any atom is -0.373 e. The molecule has 2 N–H and O–H groups in total. The molecule has 0 aliphatic carbocycles. The Morgan fingerprint density at radius 3 is 2.80 bits per heavy atom. The number of hydrogen-bond acceptors (Lipinski definition) is 4. The molecule has 0 saturated carbocycles. The van der Waals surface area contributed by atoms with Crippen LogP contribution in [0.5, 0.6) is 0 Å². The third-order valence-corrected chi connectivity index (χ3v) is 3.43. The molecule has 1 unspecified atom stereocenters. The Morgan fingerprint density at radius 1 is 1.53 bits per heavy atom. The first kappa shape index (κ1) is 12.6. The Bertz CT molecular complexity index is 297. The Hall–Kier alpha value is -0.450. The molecule has 1 heterocycles. The Morgan fingerprint density at radius 2 is 2.27 bits per heavy atom. The van der Waals surface area contributed by atoms with E-state index in [1.54, 1.807) is 11.3 Å². The van der Waals surface area contributed by atoms with Gasteiger partial charge in [-0.25, -0.2) is 4.98 Å². The van der Waals surface area contributed by atoms with Gasteiger partial charge in [0.2, 0.25) is 0 Å². The molecule has 3 nitrogen and oxygen atoms in total. The van der Waals surface area contributed by atoms with Crippen LogP contribution in [0, 0.1) is 0 Å². The highest BCUT2D eigenvalue weighted by Crippen LogP contribution is 2.12. The molecule has 1 aromatic rings. The highest BCUT2D eigenvalue weighted by Gasteiger charge is 2.15. The van der Waals surface area contributed by atoms with E-state index in [0.717, 1.165) is 18.5 Å². The third kappa shape index (κ3) is 4.28. The number of nitrogens with zero attached hydrogens (tertiary/aromatic N) is 1. The van der Waals surface area contributed by atoms with Crippen molar-refractivity contribution in [3.8, 4) is 0 Å². The van der Waals surface area contributed by atoms with Crippen LogP contribution in [0.25, 0.3) is 0 Å². The highest BCUT2D eigenvalue weighted by molar-refractivity contribution is 7.09. The highest BCUT2D eigenvalue weighted by atomic mass is 32.1. The zero-order valence-corrected chi connectivity index (χ0v) is 10.6. The van der Waals surface area contributed by atoms with Gasteiger partial charge >= 0.3 is 0 Å². The Labute approximate surface area is 95.7 Å². The van der Waals surface area contributed by atoms with Crippen LogP contribution in [0.4, 0.5) is 0 Å². The summed E-state index contributed by atoms with van der Waals surface area (Å²) in [7, 11) is 0. The number of hydrogen-bond donors (Lipinski definition) is 1. The summed E-state index contributed by atoms with van der Waals surface area (Å²) in [5.41, 5.74) is 6.77. The second kappa shape index (κ2) is 5.58. The van der Waals surface area contributed by atoms with E-state index >= 15 is 0 Å². The molecule has 1 aromatic heterocycles. The summed E-state index contributed by atoms with van der Waals surface area (Å²) < 4.78 is 5.55. The molecule has 0 aliphatic rings. The molecule has 86 valence electrons. The lowest BCUT2D eigenvalue weighted by molar-refractivity contribution is 0.0760. The van der Waals surface area contributed by atoms with E-state index in [9.17, 15) is 0 Å². The van der Waals surface area contributed by atoms with Crippen molar-refractivity contribution in [1.82, 2.24) is 4.98 Å². The fraction of sp³-hybridized carbons (Fsp3) is 0.727. The molecule has 0 fully saturated rings. The third-order valence-electron chi connectivity index (χ3n) is 2.39. The fourth-order valence-corrected chi connectivity index (χ4v) is 1.80. The first-order valence-corrected chi connectivity index (χ1v) is 6.25. The number of aromatic nitrogens is 1. The van der Waals surface area contributed by atoms with Crippen molar-refractivity contribution >= 4 is 11.3 Å². The molecule has 0 spiro atoms. The average molecular weight is 228 g/mol. The minimum absolute atomic E-state index is 0.219. The normalized spacial score (nSPS) is 15.2. The predicted molar refractivity (Wildman–Crippen MR) is 64.0 cm³/mol. The van der Waals surface area contributed by atoms with Crippen molar-refractivity contribution in [2.24, 2.45) is 5.73 Å². The number of nitrogens with two attached hydrogens (primary N) is 1. The number of ether oxygens (including phenoxy) is 1. The lowest BCUT2D eigenvalue weighted by Gasteiger charge is -2.21. The van der Waals surface area contributed by atoms with Gasteiger partial charge in [-0.15, -0.1) is 11.3 Å². The maximum Gasteiger partial charge on any atom is 0.0926 e. The topological polar surface area (TPSA) is 48.1 Å². The van der Waals surface area contributed by atoms with Gasteiger partial charge in [0.15, 0.2) is 0 Å². The van der Waals surface area contributed by atoms with Gasteiger partial charge in [0.1, 0.15) is 0 Å². The summed E-state index contributed by atoms with van der Waals surface area (Å²) in [4.78, 5) is 4.43. The van der Waals surface area contributed by atoms with Gasteiger partial charge in [-0.05, 0) is 19.8 Å². The van der Waals surface area contributed by atoms with Crippen LogP contribution in [0.2, 0.25) is 0 Å². The predicted octanol–water partition coefficient (Wildman–Crippen LogP) is 2.35. The van der Waals surface area contributed by atoms with Crippen LogP contribution in [-0.4, -0.2) is 17.1 Å². The molecule has 0 saturated heterocycles. The molecule has 0 amide bonds. The summed E-state index contributed by atoms with van der Waals surface area (Å²) in [5, 5.41) is 3.22. The van der Waals surface area contributed by atoms with E-state index in [1.807, 2.05) is 6.92 Å². The lowest BCUT2D eigenvalue weighted by Crippen LogP contribution is -2.40. The first-order chi connectivity index (χ1) is 7.07. The van der Waals surface area contributed by atoms with Crippen LogP contribution < -0.4 is 5.73 Å². The molecule has 0 bridgehead atoms. The number of rotatable bonds is 6. The van der Waals surface area contributed by atoms with Gasteiger partial charge < -0.3 is 10.5 Å². The first-order valence-electron chi connectivity index (χ1n) is 5.37. The summed E-state index contributed by atoms with van der Waals surface area (Å²) in [6.07, 6.45) is 1.92. The van der Waals surface area contributed by atoms with Crippen LogP contribution in [0.15, 0.2) is 5.38 Å². The summed E-state index contributed by atoms with van der Waals surface area (Å²) >= 11 is 1.69. The SMILES string of the molecule is CCc1nc(COCC(C)(N)CC)cs1. The van der Waals surface area contributed by atoms with Crippen molar-refractivity contribution in [2.75, 3.05) is 6.61 Å². The molecule has 15 heavy (non-hydrogen) atoms. The quantitative estimate of drug-likeness (QED) is 0.813. The van der Waals surface area contributed by atoms with Crippen molar-refractivity contribution in [3.05, 3.63) is 16.1 Å². The lowest BCUT2D eigenvalue weighted by atomic mass is 10.0. The molecular weight excluding hydrogens is 208 g/mol. The second-order valence-electron chi connectivity index (χ2n) is 4.09. The Balaban J connectivity index is 2.31. The van der Waals surface area contributed by atoms with E-state index in [-0.39, 0.29) is 5.54 Å². The van der Waals surface area contributed by atoms with Crippen LogP contribution in [0.3, 0.4) is 0 Å². The summed E-state index contributed by atoms with van der Waals surface area (Å²) in [6, 6.07) is 0. The van der Waals surface area contributed by atoms with Crippen molar-refractivity contribution in [1.29, 1.82) is 0 Å². The van der Waals surface area contributed by atoms with Gasteiger partial charge in [0.25, 0.3) is 0 Å². The minimum atomic E-state index is -0.219. The monoisotopic (exact) mass is 228 g/mol. The van der Waals surface area contributed by atoms with Crippen molar-refractivity contribution < 1.29 is 4.74 Å². The smallest absolute Gasteiger partial charge is 0.0926 e. The zero-order valence-electron chi connectivity index (χ0n) is 9.75. The second-order valence-corrected chi connectivity index (χ2v) is 5.03. The molecule has 0 aromatic carbocycles. The summed E-state index contributed by atoms with van der Waals surface area (Å²) in [6.45, 7) is 7.34. The Kier molecular flexibility index (Phi) is 4.70. The van der Waals surface area contributed by atoms with E-state index < -0.39 is 0 Å². The van der Waals surface area contributed by atoms with E-state index in [2.05, 4.69) is 24.2 Å². The van der Waals surface area contributed by atoms with Gasteiger partial charge in [0, 0.05) is 10.9 Å². The largest absolute Gasteiger partial charge is 0.373 e. The van der Waals surface area contributed by atoms with Gasteiger partial charge in [-0.2, -0.15) is 0 Å². The molecular formula is C11H20N2OS. The van der Waals surface area contributed by atoms with Gasteiger partial charge in [-0.3, -0.25) is 0 Å². The molecule has 1 rings (SSSR count). The molecule has 1 atom stereocenters. The van der Waals surface area contributed by atoms with Gasteiger partial charge in [-0.1, -0.05) is 13.8 Å². The average Bonchev–Trinajstić information content (AvgIpc) is 2.66. The molecule has 0 aliphatic heterocycles. The molecule has 0 radical (unpaired) electrons. The van der Waals surface area contributed by atoms with E-state index in [0.29, 0.717) is 13.2 Å². The maximum atomic E-state index is 5.97. The van der Waals surface area contributed by atoms with E-state index in [1.165, 1.54) is 5.01 Å². The van der Waals surface area contributed by atoms with Gasteiger partial charge in [0.05, 0.1) is 23.9 Å². The van der Waals surface area contributed by atoms with Crippen LogP contribution in [-0.2, 0) is 17.8 Å². The zero-order chi connectivity index (χ0) is 11.3. The number of thiazole rings is 1. The maximum absolute atomic E-state index is 5.97. The summed E-state index contributed by atoms with van der Waals surface area (Å²) in [5.74, 6) is 0. The molecule has 4 heteroatoms. The standard InChI is InChI=1S/C11H20N2OS/c1-4-10-13-9(7-15-10)6-14-8-11(3,12)5-2/h7H,4-6,8,12H2,1-3H3. The van der Waals surface area contributed by atoms with Crippen LogP contribution >= 0.6 is 11.3 Å². The fourth-order valence-electron chi connectivity index (χ4n) is 1.07. The number of aryl methyl sites for hydroxylation is 1. The van der Waals surface area contributed by atoms with E-state index in [4.69, 9.17) is 10.5 Å².